The van der Waals surface area contributed by atoms with Crippen LogP contribution < -0.4 is 10.6 Å². The van der Waals surface area contributed by atoms with Crippen molar-refractivity contribution in [1.29, 1.82) is 0 Å². The average molecular weight is 331 g/mol. The summed E-state index contributed by atoms with van der Waals surface area (Å²) >= 11 is 3.29. The van der Waals surface area contributed by atoms with Gasteiger partial charge in [-0.3, -0.25) is 0 Å². The molecule has 1 unspecified atom stereocenters. The van der Waals surface area contributed by atoms with Crippen molar-refractivity contribution >= 4 is 33.6 Å². The number of aryl methyl sites for hydroxylation is 1. The van der Waals surface area contributed by atoms with Gasteiger partial charge >= 0.3 is 12.0 Å². The molecule has 6 nitrogen and oxygen atoms in total. The molecule has 1 atom stereocenters. The second-order valence-corrected chi connectivity index (χ2v) is 4.84. The standard InChI is InChI=1S/C12H15BrN2O4/c1-7-2-3-8(13)10(6-7)15-12(19)14-9(4-5-16)11(17)18/h2-3,6,9,16H,4-5H2,1H3,(H,17,18)(H2,14,15,19). The number of hydrogen-bond donors (Lipinski definition) is 4. The van der Waals surface area contributed by atoms with Crippen LogP contribution in [0.5, 0.6) is 0 Å². The van der Waals surface area contributed by atoms with E-state index >= 15 is 0 Å². The first-order chi connectivity index (χ1) is 8.93. The summed E-state index contributed by atoms with van der Waals surface area (Å²) in [5.41, 5.74) is 1.51. The number of nitrogens with one attached hydrogen (secondary N) is 2. The third-order valence-electron chi connectivity index (χ3n) is 2.39. The molecule has 0 radical (unpaired) electrons. The zero-order chi connectivity index (χ0) is 14.4. The van der Waals surface area contributed by atoms with E-state index in [9.17, 15) is 9.59 Å². The Hall–Kier alpha value is -1.60. The van der Waals surface area contributed by atoms with Crippen molar-refractivity contribution in [2.45, 2.75) is 19.4 Å². The molecular formula is C12H15BrN2O4. The smallest absolute Gasteiger partial charge is 0.326 e. The van der Waals surface area contributed by atoms with E-state index in [0.29, 0.717) is 10.2 Å². The van der Waals surface area contributed by atoms with Crippen LogP contribution in [0.15, 0.2) is 22.7 Å². The number of amides is 2. The number of carboxylic acid groups (broad SMARTS) is 1. The highest BCUT2D eigenvalue weighted by Crippen LogP contribution is 2.23. The normalized spacial score (nSPS) is 11.7. The first-order valence-corrected chi connectivity index (χ1v) is 6.40. The van der Waals surface area contributed by atoms with Crippen molar-refractivity contribution in [1.82, 2.24) is 5.32 Å². The monoisotopic (exact) mass is 330 g/mol. The molecule has 104 valence electrons. The maximum atomic E-state index is 11.7. The van der Waals surface area contributed by atoms with Crippen LogP contribution in [0.2, 0.25) is 0 Å². The lowest BCUT2D eigenvalue weighted by molar-refractivity contribution is -0.139. The number of carboxylic acids is 1. The quantitative estimate of drug-likeness (QED) is 0.660. The minimum atomic E-state index is -1.19. The number of carbonyl (C=O) groups is 2. The molecule has 4 N–H and O–H groups in total. The summed E-state index contributed by atoms with van der Waals surface area (Å²) in [7, 11) is 0. The van der Waals surface area contributed by atoms with Crippen molar-refractivity contribution < 1.29 is 19.8 Å². The van der Waals surface area contributed by atoms with Gasteiger partial charge in [-0.15, -0.1) is 0 Å². The van der Waals surface area contributed by atoms with E-state index in [1.165, 1.54) is 0 Å². The fourth-order valence-electron chi connectivity index (χ4n) is 1.44. The van der Waals surface area contributed by atoms with E-state index in [0.717, 1.165) is 5.56 Å². The van der Waals surface area contributed by atoms with Gasteiger partial charge in [-0.1, -0.05) is 6.07 Å². The molecular weight excluding hydrogens is 316 g/mol. The van der Waals surface area contributed by atoms with Crippen molar-refractivity contribution in [2.75, 3.05) is 11.9 Å². The lowest BCUT2D eigenvalue weighted by atomic mass is 10.2. The number of hydrogen-bond acceptors (Lipinski definition) is 3. The zero-order valence-electron chi connectivity index (χ0n) is 10.3. The lowest BCUT2D eigenvalue weighted by Crippen LogP contribution is -2.43. The lowest BCUT2D eigenvalue weighted by Gasteiger charge is -2.14. The van der Waals surface area contributed by atoms with Crippen LogP contribution in [0.3, 0.4) is 0 Å². The molecule has 0 heterocycles. The highest BCUT2D eigenvalue weighted by Gasteiger charge is 2.19. The molecule has 0 saturated carbocycles. The topological polar surface area (TPSA) is 98.7 Å². The maximum absolute atomic E-state index is 11.7. The van der Waals surface area contributed by atoms with Gasteiger partial charge in [0.05, 0.1) is 5.69 Å². The molecule has 1 aromatic rings. The largest absolute Gasteiger partial charge is 0.480 e. The van der Waals surface area contributed by atoms with Crippen molar-refractivity contribution in [3.8, 4) is 0 Å². The van der Waals surface area contributed by atoms with E-state index in [4.69, 9.17) is 10.2 Å². The molecule has 0 bridgehead atoms. The number of halogens is 1. The van der Waals surface area contributed by atoms with Crippen LogP contribution in [0, 0.1) is 6.92 Å². The van der Waals surface area contributed by atoms with Gasteiger partial charge in [-0.25, -0.2) is 9.59 Å². The van der Waals surface area contributed by atoms with Crippen molar-refractivity contribution in [3.05, 3.63) is 28.2 Å². The molecule has 1 rings (SSSR count). The van der Waals surface area contributed by atoms with Crippen LogP contribution in [0.1, 0.15) is 12.0 Å². The zero-order valence-corrected chi connectivity index (χ0v) is 11.9. The first-order valence-electron chi connectivity index (χ1n) is 5.61. The third kappa shape index (κ3) is 4.88. The number of aliphatic hydroxyl groups is 1. The van der Waals surface area contributed by atoms with Crippen molar-refractivity contribution in [2.24, 2.45) is 0 Å². The Morgan fingerprint density at radius 1 is 1.42 bits per heavy atom. The van der Waals surface area contributed by atoms with E-state index in [2.05, 4.69) is 26.6 Å². The Morgan fingerprint density at radius 3 is 2.68 bits per heavy atom. The minimum Gasteiger partial charge on any atom is -0.480 e. The Balaban J connectivity index is 2.68. The summed E-state index contributed by atoms with van der Waals surface area (Å²) in [4.78, 5) is 22.5. The highest BCUT2D eigenvalue weighted by molar-refractivity contribution is 9.10. The van der Waals surface area contributed by atoms with Crippen LogP contribution in [-0.4, -0.2) is 34.9 Å². The Kier molecular flexibility index (Phi) is 5.78. The predicted octanol–water partition coefficient (Wildman–Crippen LogP) is 1.71. The number of aliphatic hydroxyl groups excluding tert-OH is 1. The van der Waals surface area contributed by atoms with E-state index in [-0.39, 0.29) is 13.0 Å². The van der Waals surface area contributed by atoms with Crippen LogP contribution in [0.4, 0.5) is 10.5 Å². The molecule has 2 amide bonds. The van der Waals surface area contributed by atoms with E-state index in [1.54, 1.807) is 12.1 Å². The number of urea groups is 1. The molecule has 0 aliphatic rings. The Labute approximate surface area is 118 Å². The molecule has 0 aliphatic carbocycles. The molecule has 0 aromatic heterocycles. The Morgan fingerprint density at radius 2 is 2.11 bits per heavy atom. The van der Waals surface area contributed by atoms with E-state index < -0.39 is 18.0 Å². The van der Waals surface area contributed by atoms with Crippen molar-refractivity contribution in [3.63, 3.8) is 0 Å². The van der Waals surface area contributed by atoms with E-state index in [1.807, 2.05) is 13.0 Å². The number of aliphatic carboxylic acids is 1. The third-order valence-corrected chi connectivity index (χ3v) is 3.08. The second-order valence-electron chi connectivity index (χ2n) is 3.98. The van der Waals surface area contributed by atoms with Gasteiger partial charge < -0.3 is 20.8 Å². The highest BCUT2D eigenvalue weighted by atomic mass is 79.9. The summed E-state index contributed by atoms with van der Waals surface area (Å²) in [5.74, 6) is -1.19. The second kappa shape index (κ2) is 7.10. The number of benzene rings is 1. The first kappa shape index (κ1) is 15.5. The minimum absolute atomic E-state index is 0.0439. The Bertz CT molecular complexity index is 479. The molecule has 0 saturated heterocycles. The summed E-state index contributed by atoms with van der Waals surface area (Å²) in [5, 5.41) is 22.4. The molecule has 0 fully saturated rings. The van der Waals surface area contributed by atoms with Gasteiger partial charge in [-0.05, 0) is 40.5 Å². The van der Waals surface area contributed by atoms with Gasteiger partial charge in [0.15, 0.2) is 0 Å². The van der Waals surface area contributed by atoms with Gasteiger partial charge in [0.1, 0.15) is 6.04 Å². The summed E-state index contributed by atoms with van der Waals surface area (Å²) < 4.78 is 0.697. The van der Waals surface area contributed by atoms with Gasteiger partial charge in [-0.2, -0.15) is 0 Å². The van der Waals surface area contributed by atoms with Gasteiger partial charge in [0, 0.05) is 17.5 Å². The van der Waals surface area contributed by atoms with Gasteiger partial charge in [0.2, 0.25) is 0 Å². The SMILES string of the molecule is Cc1ccc(Br)c(NC(=O)NC(CCO)C(=O)O)c1. The molecule has 1 aromatic carbocycles. The van der Waals surface area contributed by atoms with Crippen LogP contribution >= 0.6 is 15.9 Å². The number of carbonyl (C=O) groups excluding carboxylic acids is 1. The van der Waals surface area contributed by atoms with Crippen LogP contribution in [-0.2, 0) is 4.79 Å². The summed E-state index contributed by atoms with van der Waals surface area (Å²) in [6.45, 7) is 1.56. The maximum Gasteiger partial charge on any atom is 0.326 e. The number of rotatable bonds is 5. The van der Waals surface area contributed by atoms with Crippen LogP contribution in [0.25, 0.3) is 0 Å². The molecule has 0 aliphatic heterocycles. The summed E-state index contributed by atoms with van der Waals surface area (Å²) in [6, 6.07) is 3.67. The predicted molar refractivity (Wildman–Crippen MR) is 74.2 cm³/mol. The molecule has 7 heteroatoms. The fourth-order valence-corrected chi connectivity index (χ4v) is 1.78. The molecule has 19 heavy (non-hydrogen) atoms. The van der Waals surface area contributed by atoms with Gasteiger partial charge in [0.25, 0.3) is 0 Å². The average Bonchev–Trinajstić information content (AvgIpc) is 2.33. The summed E-state index contributed by atoms with van der Waals surface area (Å²) in [6.07, 6.45) is -0.0439. The molecule has 0 spiro atoms. The fraction of sp³-hybridized carbons (Fsp3) is 0.333. The number of anilines is 1.